The number of amides is 1. The molecule has 1 atom stereocenters. The van der Waals surface area contributed by atoms with Crippen LogP contribution in [0.15, 0.2) is 6.07 Å². The molecule has 1 amide bonds. The van der Waals surface area contributed by atoms with E-state index >= 15 is 0 Å². The van der Waals surface area contributed by atoms with Crippen LogP contribution in [0.2, 0.25) is 0 Å². The average molecular weight is 267 g/mol. The molecule has 1 aromatic rings. The van der Waals surface area contributed by atoms with Crippen LogP contribution in [0.5, 0.6) is 0 Å². The van der Waals surface area contributed by atoms with Gasteiger partial charge in [-0.15, -0.1) is 11.3 Å². The lowest BCUT2D eigenvalue weighted by atomic mass is 10.00. The number of nitrogens with one attached hydrogen (secondary N) is 1. The van der Waals surface area contributed by atoms with Crippen LogP contribution in [0.1, 0.15) is 39.9 Å². The van der Waals surface area contributed by atoms with E-state index in [1.165, 1.54) is 34.6 Å². The standard InChI is InChI=1S/C13H21N3OS/c1-9-4-3-5-16(7-9)8-11-6-12(13(17)15-14)18-10(11)2/h6,9H,3-5,7-8,14H2,1-2H3,(H,15,17). The number of nitrogens with two attached hydrogens (primary N) is 1. The van der Waals surface area contributed by atoms with Crippen LogP contribution < -0.4 is 11.3 Å². The van der Waals surface area contributed by atoms with E-state index in [4.69, 9.17) is 5.84 Å². The summed E-state index contributed by atoms with van der Waals surface area (Å²) in [4.78, 5) is 15.9. The Morgan fingerprint density at radius 2 is 2.44 bits per heavy atom. The molecule has 2 heterocycles. The highest BCUT2D eigenvalue weighted by atomic mass is 32.1. The van der Waals surface area contributed by atoms with Crippen LogP contribution in [0.4, 0.5) is 0 Å². The SMILES string of the molecule is Cc1sc(C(=O)NN)cc1CN1CCCC(C)C1. The monoisotopic (exact) mass is 267 g/mol. The van der Waals surface area contributed by atoms with E-state index < -0.39 is 0 Å². The summed E-state index contributed by atoms with van der Waals surface area (Å²) in [6, 6.07) is 1.97. The highest BCUT2D eigenvalue weighted by Gasteiger charge is 2.18. The van der Waals surface area contributed by atoms with Crippen molar-refractivity contribution in [3.05, 3.63) is 21.4 Å². The van der Waals surface area contributed by atoms with E-state index in [2.05, 4.69) is 24.2 Å². The van der Waals surface area contributed by atoms with Crippen molar-refractivity contribution in [2.24, 2.45) is 11.8 Å². The third-order valence-corrected chi connectivity index (χ3v) is 4.60. The molecule has 0 spiro atoms. The van der Waals surface area contributed by atoms with Crippen LogP contribution in [-0.4, -0.2) is 23.9 Å². The van der Waals surface area contributed by atoms with Crippen molar-refractivity contribution in [1.82, 2.24) is 10.3 Å². The molecule has 100 valence electrons. The topological polar surface area (TPSA) is 58.4 Å². The predicted octanol–water partition coefficient (Wildman–Crippen LogP) is 1.89. The number of aryl methyl sites for hydroxylation is 1. The van der Waals surface area contributed by atoms with Gasteiger partial charge in [-0.2, -0.15) is 0 Å². The highest BCUT2D eigenvalue weighted by Crippen LogP contribution is 2.25. The average Bonchev–Trinajstić information content (AvgIpc) is 2.70. The lowest BCUT2D eigenvalue weighted by Crippen LogP contribution is -2.33. The minimum absolute atomic E-state index is 0.193. The van der Waals surface area contributed by atoms with Crippen molar-refractivity contribution < 1.29 is 4.79 Å². The number of piperidine rings is 1. The van der Waals surface area contributed by atoms with Gasteiger partial charge < -0.3 is 0 Å². The summed E-state index contributed by atoms with van der Waals surface area (Å²) in [5.41, 5.74) is 3.45. The molecule has 1 aliphatic heterocycles. The highest BCUT2D eigenvalue weighted by molar-refractivity contribution is 7.14. The van der Waals surface area contributed by atoms with Crippen LogP contribution in [-0.2, 0) is 6.54 Å². The number of nitrogens with zero attached hydrogens (tertiary/aromatic N) is 1. The zero-order chi connectivity index (χ0) is 13.1. The van der Waals surface area contributed by atoms with E-state index in [9.17, 15) is 4.79 Å². The van der Waals surface area contributed by atoms with Crippen LogP contribution in [0, 0.1) is 12.8 Å². The van der Waals surface area contributed by atoms with Gasteiger partial charge in [0.2, 0.25) is 0 Å². The summed E-state index contributed by atoms with van der Waals surface area (Å²) in [5.74, 6) is 5.75. The first kappa shape index (κ1) is 13.5. The first-order valence-corrected chi connectivity index (χ1v) is 7.24. The Morgan fingerprint density at radius 1 is 1.67 bits per heavy atom. The Kier molecular flexibility index (Phi) is 4.37. The van der Waals surface area contributed by atoms with Gasteiger partial charge in [-0.25, -0.2) is 5.84 Å². The van der Waals surface area contributed by atoms with Gasteiger partial charge in [0, 0.05) is 18.0 Å². The predicted molar refractivity (Wildman–Crippen MR) is 74.4 cm³/mol. The Hall–Kier alpha value is -0.910. The largest absolute Gasteiger partial charge is 0.299 e. The molecule has 18 heavy (non-hydrogen) atoms. The molecule has 0 saturated carbocycles. The van der Waals surface area contributed by atoms with E-state index in [1.807, 2.05) is 6.07 Å². The molecule has 1 saturated heterocycles. The zero-order valence-electron chi connectivity index (χ0n) is 11.0. The Balaban J connectivity index is 2.04. The normalized spacial score (nSPS) is 20.9. The first-order chi connectivity index (χ1) is 8.60. The molecule has 4 nitrogen and oxygen atoms in total. The third kappa shape index (κ3) is 3.10. The summed E-state index contributed by atoms with van der Waals surface area (Å²) in [7, 11) is 0. The van der Waals surface area contributed by atoms with Gasteiger partial charge >= 0.3 is 0 Å². The fraction of sp³-hybridized carbons (Fsp3) is 0.615. The number of hydrogen-bond acceptors (Lipinski definition) is 4. The number of carbonyl (C=O) groups is 1. The summed E-state index contributed by atoms with van der Waals surface area (Å²) >= 11 is 1.52. The maximum atomic E-state index is 11.5. The minimum Gasteiger partial charge on any atom is -0.299 e. The molecule has 1 fully saturated rings. The lowest BCUT2D eigenvalue weighted by Gasteiger charge is -2.30. The van der Waals surface area contributed by atoms with Crippen molar-refractivity contribution >= 4 is 17.2 Å². The van der Waals surface area contributed by atoms with Gasteiger partial charge in [0.15, 0.2) is 0 Å². The number of rotatable bonds is 3. The first-order valence-electron chi connectivity index (χ1n) is 6.42. The molecule has 3 N–H and O–H groups in total. The van der Waals surface area contributed by atoms with Crippen LogP contribution in [0.3, 0.4) is 0 Å². The second-order valence-electron chi connectivity index (χ2n) is 5.15. The van der Waals surface area contributed by atoms with Gasteiger partial charge in [-0.05, 0) is 43.9 Å². The number of nitrogen functional groups attached to an aromatic ring is 1. The van der Waals surface area contributed by atoms with Gasteiger partial charge in [-0.3, -0.25) is 15.1 Å². The molecule has 2 rings (SSSR count). The maximum Gasteiger partial charge on any atom is 0.275 e. The van der Waals surface area contributed by atoms with Gasteiger partial charge in [-0.1, -0.05) is 6.92 Å². The molecular formula is C13H21N3OS. The van der Waals surface area contributed by atoms with Crippen molar-refractivity contribution in [3.63, 3.8) is 0 Å². The second kappa shape index (κ2) is 5.82. The van der Waals surface area contributed by atoms with Gasteiger partial charge in [0.1, 0.15) is 0 Å². The number of carbonyl (C=O) groups excluding carboxylic acids is 1. The summed E-state index contributed by atoms with van der Waals surface area (Å²) < 4.78 is 0. The second-order valence-corrected chi connectivity index (χ2v) is 6.40. The lowest BCUT2D eigenvalue weighted by molar-refractivity contribution is 0.0957. The smallest absolute Gasteiger partial charge is 0.275 e. The van der Waals surface area contributed by atoms with E-state index in [0.717, 1.165) is 25.6 Å². The van der Waals surface area contributed by atoms with Crippen LogP contribution >= 0.6 is 11.3 Å². The van der Waals surface area contributed by atoms with E-state index in [-0.39, 0.29) is 5.91 Å². The molecule has 0 aromatic carbocycles. The van der Waals surface area contributed by atoms with Gasteiger partial charge in [0.05, 0.1) is 4.88 Å². The minimum atomic E-state index is -0.193. The Morgan fingerprint density at radius 3 is 3.11 bits per heavy atom. The number of hydrazine groups is 1. The summed E-state index contributed by atoms with van der Waals surface area (Å²) in [6.45, 7) is 7.65. The molecular weight excluding hydrogens is 246 g/mol. The maximum absolute atomic E-state index is 11.5. The van der Waals surface area contributed by atoms with Crippen molar-refractivity contribution in [2.75, 3.05) is 13.1 Å². The third-order valence-electron chi connectivity index (χ3n) is 3.51. The van der Waals surface area contributed by atoms with Gasteiger partial charge in [0.25, 0.3) is 5.91 Å². The van der Waals surface area contributed by atoms with Crippen molar-refractivity contribution in [3.8, 4) is 0 Å². The van der Waals surface area contributed by atoms with E-state index in [0.29, 0.717) is 4.88 Å². The Labute approximate surface area is 112 Å². The van der Waals surface area contributed by atoms with Crippen LogP contribution in [0.25, 0.3) is 0 Å². The zero-order valence-corrected chi connectivity index (χ0v) is 11.8. The summed E-state index contributed by atoms with van der Waals surface area (Å²) in [6.07, 6.45) is 2.61. The number of thiophene rings is 1. The fourth-order valence-corrected chi connectivity index (χ4v) is 3.47. The molecule has 0 radical (unpaired) electrons. The summed E-state index contributed by atoms with van der Waals surface area (Å²) in [5, 5.41) is 0. The van der Waals surface area contributed by atoms with E-state index in [1.54, 1.807) is 0 Å². The van der Waals surface area contributed by atoms with Crippen molar-refractivity contribution in [2.45, 2.75) is 33.2 Å². The number of hydrogen-bond donors (Lipinski definition) is 2. The molecule has 5 heteroatoms. The molecule has 1 aromatic heterocycles. The molecule has 1 aliphatic rings. The fourth-order valence-electron chi connectivity index (χ4n) is 2.53. The number of likely N-dealkylation sites (tertiary alicyclic amines) is 1. The quantitative estimate of drug-likeness (QED) is 0.499. The molecule has 0 aliphatic carbocycles. The molecule has 0 bridgehead atoms. The van der Waals surface area contributed by atoms with Crippen molar-refractivity contribution in [1.29, 1.82) is 0 Å². The molecule has 1 unspecified atom stereocenters. The Bertz CT molecular complexity index is 430.